The van der Waals surface area contributed by atoms with Crippen LogP contribution >= 0.6 is 0 Å². The van der Waals surface area contributed by atoms with Crippen molar-refractivity contribution in [1.29, 1.82) is 0 Å². The summed E-state index contributed by atoms with van der Waals surface area (Å²) in [6, 6.07) is 0. The van der Waals surface area contributed by atoms with Gasteiger partial charge in [0.1, 0.15) is 23.5 Å². The van der Waals surface area contributed by atoms with Crippen molar-refractivity contribution in [3.63, 3.8) is 0 Å². The maximum atomic E-state index is 10.4. The fourth-order valence-corrected chi connectivity index (χ4v) is 5.03. The second kappa shape index (κ2) is 2.79. The summed E-state index contributed by atoms with van der Waals surface area (Å²) in [5.74, 6) is -0.590. The predicted octanol–water partition coefficient (Wildman–Crippen LogP) is 0.950. The van der Waals surface area contributed by atoms with Gasteiger partial charge in [0.2, 0.25) is 8.32 Å². The van der Waals surface area contributed by atoms with E-state index in [2.05, 4.69) is 0 Å². The number of hydrogen-bond donors (Lipinski definition) is 1. The Morgan fingerprint density at radius 3 is 2.44 bits per heavy atom. The molecule has 0 aromatic heterocycles. The zero-order valence-corrected chi connectivity index (χ0v) is 11.1. The Kier molecular flexibility index (Phi) is 1.90. The summed E-state index contributed by atoms with van der Waals surface area (Å²) < 4.78 is 17.5. The van der Waals surface area contributed by atoms with E-state index in [1.54, 1.807) is 0 Å². The summed E-state index contributed by atoms with van der Waals surface area (Å²) in [5, 5.41) is -0.500. The van der Waals surface area contributed by atoms with Gasteiger partial charge in [-0.1, -0.05) is 12.2 Å². The second-order valence-corrected chi connectivity index (χ2v) is 9.70. The topological polar surface area (TPSA) is 51.2 Å². The summed E-state index contributed by atoms with van der Waals surface area (Å²) in [5.41, 5.74) is 0. The average Bonchev–Trinajstić information content (AvgIpc) is 2.77. The van der Waals surface area contributed by atoms with E-state index in [0.29, 0.717) is 0 Å². The first-order chi connectivity index (χ1) is 7.26. The highest BCUT2D eigenvalue weighted by Gasteiger charge is 2.75. The Labute approximate surface area is 96.3 Å². The maximum absolute atomic E-state index is 10.4. The maximum Gasteiger partial charge on any atom is 0.221 e. The van der Waals surface area contributed by atoms with Crippen LogP contribution in [0.15, 0.2) is 12.2 Å². The molecule has 4 nitrogen and oxygen atoms in total. The van der Waals surface area contributed by atoms with E-state index in [1.165, 1.54) is 0 Å². The molecule has 1 N–H and O–H groups in total. The summed E-state index contributed by atoms with van der Waals surface area (Å²) in [7, 11) is -2.43. The highest BCUT2D eigenvalue weighted by Crippen LogP contribution is 2.55. The van der Waals surface area contributed by atoms with Crippen LogP contribution in [0.5, 0.6) is 0 Å². The van der Waals surface area contributed by atoms with Crippen molar-refractivity contribution in [2.24, 2.45) is 0 Å². The van der Waals surface area contributed by atoms with E-state index in [1.807, 2.05) is 39.1 Å². The molecule has 3 aliphatic rings. The summed E-state index contributed by atoms with van der Waals surface area (Å²) in [6.45, 7) is 7.60. The normalized spacial score (nSPS) is 48.7. The molecule has 0 unspecified atom stereocenters. The predicted molar refractivity (Wildman–Crippen MR) is 60.3 cm³/mol. The third kappa shape index (κ3) is 1.23. The summed E-state index contributed by atoms with van der Waals surface area (Å²) in [6.07, 6.45) is 3.75. The summed E-state index contributed by atoms with van der Waals surface area (Å²) in [4.78, 5) is 10.4. The third-order valence-corrected chi connectivity index (χ3v) is 6.27. The van der Waals surface area contributed by atoms with Gasteiger partial charge in [0.05, 0.1) is 0 Å². The molecule has 0 radical (unpaired) electrons. The van der Waals surface area contributed by atoms with Crippen LogP contribution in [0.1, 0.15) is 13.8 Å². The Morgan fingerprint density at radius 2 is 1.81 bits per heavy atom. The molecule has 3 rings (SSSR count). The van der Waals surface area contributed by atoms with Crippen molar-refractivity contribution in [2.45, 2.75) is 56.3 Å². The molecule has 0 aromatic rings. The Hall–Kier alpha value is -0.203. The van der Waals surface area contributed by atoms with Crippen molar-refractivity contribution in [3.8, 4) is 0 Å². The SMILES string of the molecule is CC1(C)O[C@H]2C=C[C@@H]3O[C@]3([Si](C)(C)O)[C@H]2O1. The zero-order valence-electron chi connectivity index (χ0n) is 10.1. The molecule has 1 aliphatic carbocycles. The fraction of sp³-hybridized carbons (Fsp3) is 0.818. The first kappa shape index (κ1) is 10.9. The van der Waals surface area contributed by atoms with E-state index in [-0.39, 0.29) is 18.3 Å². The first-order valence-corrected chi connectivity index (χ1v) is 8.65. The molecular weight excluding hydrogens is 224 g/mol. The number of hydrogen-bond acceptors (Lipinski definition) is 4. The van der Waals surface area contributed by atoms with Gasteiger partial charge in [0.25, 0.3) is 0 Å². The van der Waals surface area contributed by atoms with Gasteiger partial charge < -0.3 is 19.0 Å². The lowest BCUT2D eigenvalue weighted by Crippen LogP contribution is -2.58. The second-order valence-electron chi connectivity index (χ2n) is 5.80. The monoisotopic (exact) mass is 242 g/mol. The first-order valence-electron chi connectivity index (χ1n) is 5.70. The lowest BCUT2D eigenvalue weighted by atomic mass is 10.0. The van der Waals surface area contributed by atoms with E-state index < -0.39 is 19.3 Å². The van der Waals surface area contributed by atoms with Crippen molar-refractivity contribution in [3.05, 3.63) is 12.2 Å². The molecule has 0 bridgehead atoms. The van der Waals surface area contributed by atoms with Crippen molar-refractivity contribution >= 4 is 8.32 Å². The van der Waals surface area contributed by atoms with Gasteiger partial charge in [0, 0.05) is 0 Å². The molecule has 2 fully saturated rings. The van der Waals surface area contributed by atoms with Crippen LogP contribution in [-0.2, 0) is 14.2 Å². The quantitative estimate of drug-likeness (QED) is 0.422. The molecule has 5 heteroatoms. The van der Waals surface area contributed by atoms with Crippen LogP contribution < -0.4 is 0 Å². The molecule has 4 atom stereocenters. The zero-order chi connectivity index (χ0) is 11.8. The molecule has 2 saturated heterocycles. The van der Waals surface area contributed by atoms with Gasteiger partial charge in [-0.2, -0.15) is 0 Å². The molecule has 0 spiro atoms. The molecule has 16 heavy (non-hydrogen) atoms. The molecule has 90 valence electrons. The van der Waals surface area contributed by atoms with Gasteiger partial charge >= 0.3 is 0 Å². The smallest absolute Gasteiger partial charge is 0.221 e. The van der Waals surface area contributed by atoms with Crippen LogP contribution in [0.25, 0.3) is 0 Å². The van der Waals surface area contributed by atoms with E-state index in [4.69, 9.17) is 14.2 Å². The van der Waals surface area contributed by atoms with Gasteiger partial charge in [-0.15, -0.1) is 0 Å². The molecule has 0 amide bonds. The Bertz CT molecular complexity index is 359. The van der Waals surface area contributed by atoms with E-state index in [0.717, 1.165) is 0 Å². The van der Waals surface area contributed by atoms with Crippen molar-refractivity contribution in [2.75, 3.05) is 0 Å². The van der Waals surface area contributed by atoms with Gasteiger partial charge in [-0.25, -0.2) is 0 Å². The minimum absolute atomic E-state index is 0.0120. The van der Waals surface area contributed by atoms with Gasteiger partial charge in [-0.05, 0) is 26.9 Å². The average molecular weight is 242 g/mol. The molecule has 0 saturated carbocycles. The Balaban J connectivity index is 1.98. The van der Waals surface area contributed by atoms with Crippen LogP contribution in [0, 0.1) is 0 Å². The highest BCUT2D eigenvalue weighted by atomic mass is 28.4. The minimum Gasteiger partial charge on any atom is -0.429 e. The van der Waals surface area contributed by atoms with Crippen LogP contribution in [0.3, 0.4) is 0 Å². The molecule has 2 aliphatic heterocycles. The van der Waals surface area contributed by atoms with Crippen LogP contribution in [0.4, 0.5) is 0 Å². The largest absolute Gasteiger partial charge is 0.429 e. The minimum atomic E-state index is -2.43. The highest BCUT2D eigenvalue weighted by molar-refractivity contribution is 6.74. The summed E-state index contributed by atoms with van der Waals surface area (Å²) >= 11 is 0. The number of epoxide rings is 1. The molecular formula is C11H18O4Si. The number of ether oxygens (including phenoxy) is 3. The lowest BCUT2D eigenvalue weighted by molar-refractivity contribution is -0.146. The standard InChI is InChI=1S/C11H18O4Si/c1-10(2)13-7-5-6-8-11(14-8,9(7)15-10)16(3,4)12/h5-9,12H,1-4H3/t7-,8-,9-,11+/m0/s1. The third-order valence-electron chi connectivity index (χ3n) is 3.67. The molecule has 2 heterocycles. The fourth-order valence-electron chi connectivity index (χ4n) is 2.90. The van der Waals surface area contributed by atoms with Crippen molar-refractivity contribution < 1.29 is 19.0 Å². The number of fused-ring (bicyclic) bond motifs is 3. The Morgan fingerprint density at radius 1 is 1.12 bits per heavy atom. The van der Waals surface area contributed by atoms with Gasteiger partial charge in [-0.3, -0.25) is 0 Å². The van der Waals surface area contributed by atoms with E-state index >= 15 is 0 Å². The number of rotatable bonds is 1. The van der Waals surface area contributed by atoms with Gasteiger partial charge in [0.15, 0.2) is 5.79 Å². The molecule has 0 aromatic carbocycles. The lowest BCUT2D eigenvalue weighted by Gasteiger charge is -2.32. The van der Waals surface area contributed by atoms with Crippen molar-refractivity contribution in [1.82, 2.24) is 0 Å². The van der Waals surface area contributed by atoms with Crippen LogP contribution in [0.2, 0.25) is 13.1 Å². The van der Waals surface area contributed by atoms with E-state index in [9.17, 15) is 4.80 Å². The van der Waals surface area contributed by atoms with Crippen LogP contribution in [-0.4, -0.2) is 42.4 Å².